The van der Waals surface area contributed by atoms with Crippen molar-refractivity contribution in [1.29, 1.82) is 0 Å². The first kappa shape index (κ1) is 9.58. The summed E-state index contributed by atoms with van der Waals surface area (Å²) >= 11 is 0. The Balaban J connectivity index is 2.25. The van der Waals surface area contributed by atoms with Crippen molar-refractivity contribution in [2.45, 2.75) is 12.8 Å². The number of rotatable bonds is 2. The van der Waals surface area contributed by atoms with Crippen LogP contribution in [0.1, 0.15) is 17.4 Å². The van der Waals surface area contributed by atoms with Crippen molar-refractivity contribution in [1.82, 2.24) is 0 Å². The molecule has 0 atom stereocenters. The third kappa shape index (κ3) is 1.77. The van der Waals surface area contributed by atoms with E-state index in [2.05, 4.69) is 0 Å². The van der Waals surface area contributed by atoms with Gasteiger partial charge in [-0.25, -0.2) is 4.39 Å². The number of hydrogen-bond acceptors (Lipinski definition) is 3. The van der Waals surface area contributed by atoms with Crippen LogP contribution in [-0.2, 0) is 16.0 Å². The van der Waals surface area contributed by atoms with E-state index in [0.717, 1.165) is 5.56 Å². The third-order valence-electron chi connectivity index (χ3n) is 2.18. The van der Waals surface area contributed by atoms with Gasteiger partial charge in [0.05, 0.1) is 13.2 Å². The van der Waals surface area contributed by atoms with Crippen LogP contribution in [-0.4, -0.2) is 13.2 Å². The van der Waals surface area contributed by atoms with Gasteiger partial charge in [0, 0.05) is 12.1 Å². The van der Waals surface area contributed by atoms with Crippen molar-refractivity contribution in [3.8, 4) is 0 Å². The molecule has 0 bridgehead atoms. The Kier molecular flexibility index (Phi) is 2.77. The predicted octanol–water partition coefficient (Wildman–Crippen LogP) is 1.33. The second kappa shape index (κ2) is 4.04. The van der Waals surface area contributed by atoms with Crippen molar-refractivity contribution >= 4 is 0 Å². The van der Waals surface area contributed by atoms with Crippen LogP contribution in [0.2, 0.25) is 0 Å². The molecular formula is C10H12FNO2. The van der Waals surface area contributed by atoms with E-state index in [0.29, 0.717) is 25.3 Å². The molecule has 0 amide bonds. The number of nitrogens with two attached hydrogens (primary N) is 1. The van der Waals surface area contributed by atoms with E-state index >= 15 is 0 Å². The summed E-state index contributed by atoms with van der Waals surface area (Å²) in [5.41, 5.74) is 6.61. The van der Waals surface area contributed by atoms with Crippen LogP contribution in [0.3, 0.4) is 0 Å². The smallest absolute Gasteiger partial charge is 0.186 e. The van der Waals surface area contributed by atoms with Crippen molar-refractivity contribution < 1.29 is 13.9 Å². The van der Waals surface area contributed by atoms with Crippen LogP contribution in [0.25, 0.3) is 0 Å². The molecule has 76 valence electrons. The molecule has 0 aliphatic carbocycles. The summed E-state index contributed by atoms with van der Waals surface area (Å²) in [6.45, 7) is 1.37. The van der Waals surface area contributed by atoms with Crippen LogP contribution in [0.15, 0.2) is 18.2 Å². The van der Waals surface area contributed by atoms with Gasteiger partial charge in [0.1, 0.15) is 5.82 Å². The second-order valence-corrected chi connectivity index (χ2v) is 3.13. The molecule has 0 spiro atoms. The topological polar surface area (TPSA) is 44.5 Å². The molecule has 4 heteroatoms. The molecule has 0 saturated carbocycles. The molecular weight excluding hydrogens is 185 g/mol. The summed E-state index contributed by atoms with van der Waals surface area (Å²) in [5.74, 6) is -0.320. The SMILES string of the molecule is NCc1ccc(C2OCCO2)c(F)c1. The number of hydrogen-bond donors (Lipinski definition) is 1. The minimum atomic E-state index is -0.554. The van der Waals surface area contributed by atoms with Gasteiger partial charge in [-0.3, -0.25) is 0 Å². The third-order valence-corrected chi connectivity index (χ3v) is 2.18. The average molecular weight is 197 g/mol. The van der Waals surface area contributed by atoms with Crippen LogP contribution < -0.4 is 5.73 Å². The monoisotopic (exact) mass is 197 g/mol. The highest BCUT2D eigenvalue weighted by Gasteiger charge is 2.21. The van der Waals surface area contributed by atoms with Crippen molar-refractivity contribution in [2.24, 2.45) is 5.73 Å². The van der Waals surface area contributed by atoms with Crippen LogP contribution in [0, 0.1) is 5.82 Å². The zero-order chi connectivity index (χ0) is 9.97. The highest BCUT2D eigenvalue weighted by atomic mass is 19.1. The van der Waals surface area contributed by atoms with Gasteiger partial charge >= 0.3 is 0 Å². The second-order valence-electron chi connectivity index (χ2n) is 3.13. The lowest BCUT2D eigenvalue weighted by atomic mass is 10.1. The van der Waals surface area contributed by atoms with Gasteiger partial charge in [-0.15, -0.1) is 0 Å². The molecule has 1 saturated heterocycles. The van der Waals surface area contributed by atoms with E-state index in [1.165, 1.54) is 6.07 Å². The van der Waals surface area contributed by atoms with E-state index in [1.54, 1.807) is 12.1 Å². The lowest BCUT2D eigenvalue weighted by Crippen LogP contribution is -2.04. The molecule has 1 heterocycles. The highest BCUT2D eigenvalue weighted by Crippen LogP contribution is 2.25. The fourth-order valence-electron chi connectivity index (χ4n) is 1.43. The van der Waals surface area contributed by atoms with Crippen molar-refractivity contribution in [3.63, 3.8) is 0 Å². The maximum atomic E-state index is 13.5. The standard InChI is InChI=1S/C10H12FNO2/c11-9-5-7(6-12)1-2-8(9)10-13-3-4-14-10/h1-2,5,10H,3-4,6,12H2. The fraction of sp³-hybridized carbons (Fsp3) is 0.400. The minimum Gasteiger partial charge on any atom is -0.346 e. The lowest BCUT2D eigenvalue weighted by Gasteiger charge is -2.10. The first-order valence-electron chi connectivity index (χ1n) is 4.53. The molecule has 2 rings (SSSR count). The van der Waals surface area contributed by atoms with Crippen molar-refractivity contribution in [2.75, 3.05) is 13.2 Å². The molecule has 1 aliphatic heterocycles. The van der Waals surface area contributed by atoms with Crippen LogP contribution in [0.4, 0.5) is 4.39 Å². The summed E-state index contributed by atoms with van der Waals surface area (Å²) in [4.78, 5) is 0. The molecule has 2 N–H and O–H groups in total. The zero-order valence-corrected chi connectivity index (χ0v) is 7.70. The summed E-state index contributed by atoms with van der Waals surface area (Å²) in [6.07, 6.45) is -0.554. The first-order chi connectivity index (χ1) is 6.81. The largest absolute Gasteiger partial charge is 0.346 e. The van der Waals surface area contributed by atoms with Gasteiger partial charge in [-0.1, -0.05) is 12.1 Å². The van der Waals surface area contributed by atoms with Crippen molar-refractivity contribution in [3.05, 3.63) is 35.1 Å². The Morgan fingerprint density at radius 2 is 2.07 bits per heavy atom. The maximum absolute atomic E-state index is 13.5. The predicted molar refractivity (Wildman–Crippen MR) is 48.9 cm³/mol. The molecule has 0 unspecified atom stereocenters. The van der Waals surface area contributed by atoms with E-state index in [9.17, 15) is 4.39 Å². The Morgan fingerprint density at radius 1 is 1.36 bits per heavy atom. The number of ether oxygens (including phenoxy) is 2. The van der Waals surface area contributed by atoms with Gasteiger partial charge in [0.2, 0.25) is 0 Å². The number of halogens is 1. The minimum absolute atomic E-state index is 0.320. The summed E-state index contributed by atoms with van der Waals surface area (Å²) in [5, 5.41) is 0. The zero-order valence-electron chi connectivity index (χ0n) is 7.70. The fourth-order valence-corrected chi connectivity index (χ4v) is 1.43. The quantitative estimate of drug-likeness (QED) is 0.777. The van der Waals surface area contributed by atoms with Gasteiger partial charge in [0.25, 0.3) is 0 Å². The number of benzene rings is 1. The van der Waals surface area contributed by atoms with Gasteiger partial charge in [-0.05, 0) is 11.6 Å². The van der Waals surface area contributed by atoms with Gasteiger partial charge in [-0.2, -0.15) is 0 Å². The molecule has 1 aromatic carbocycles. The van der Waals surface area contributed by atoms with Crippen LogP contribution in [0.5, 0.6) is 0 Å². The highest BCUT2D eigenvalue weighted by molar-refractivity contribution is 5.25. The van der Waals surface area contributed by atoms with Gasteiger partial charge < -0.3 is 15.2 Å². The Hall–Kier alpha value is -0.970. The first-order valence-corrected chi connectivity index (χ1v) is 4.53. The molecule has 0 aromatic heterocycles. The van der Waals surface area contributed by atoms with E-state index in [1.807, 2.05) is 0 Å². The molecule has 3 nitrogen and oxygen atoms in total. The van der Waals surface area contributed by atoms with E-state index in [4.69, 9.17) is 15.2 Å². The Bertz CT molecular complexity index is 324. The molecule has 1 fully saturated rings. The normalized spacial score (nSPS) is 17.6. The maximum Gasteiger partial charge on any atom is 0.186 e. The van der Waals surface area contributed by atoms with Gasteiger partial charge in [0.15, 0.2) is 6.29 Å². The van der Waals surface area contributed by atoms with E-state index < -0.39 is 6.29 Å². The van der Waals surface area contributed by atoms with E-state index in [-0.39, 0.29) is 5.82 Å². The lowest BCUT2D eigenvalue weighted by molar-refractivity contribution is -0.0464. The summed E-state index contributed by atoms with van der Waals surface area (Å²) in [6, 6.07) is 4.86. The van der Waals surface area contributed by atoms with Crippen LogP contribution >= 0.6 is 0 Å². The molecule has 0 radical (unpaired) electrons. The molecule has 1 aromatic rings. The summed E-state index contributed by atoms with van der Waals surface area (Å²) in [7, 11) is 0. The molecule has 14 heavy (non-hydrogen) atoms. The summed E-state index contributed by atoms with van der Waals surface area (Å²) < 4.78 is 23.9. The average Bonchev–Trinajstić information content (AvgIpc) is 2.70. The Labute approximate surface area is 81.6 Å². The molecule has 1 aliphatic rings. The Morgan fingerprint density at radius 3 is 2.64 bits per heavy atom.